The summed E-state index contributed by atoms with van der Waals surface area (Å²) in [5, 5.41) is 8.57. The molecule has 8 nitrogen and oxygen atoms in total. The van der Waals surface area contributed by atoms with Gasteiger partial charge in [0, 0.05) is 19.0 Å². The van der Waals surface area contributed by atoms with Crippen LogP contribution in [-0.4, -0.2) is 60.9 Å². The number of carbonyl (C=O) groups is 3. The lowest BCUT2D eigenvalue weighted by atomic mass is 9.81. The van der Waals surface area contributed by atoms with Crippen LogP contribution >= 0.6 is 0 Å². The molecule has 2 atom stereocenters. The predicted octanol–water partition coefficient (Wildman–Crippen LogP) is 3.07. The average molecular weight is 445 g/mol. The molecule has 0 spiro atoms. The fraction of sp³-hybridized carbons (Fsp3) is 0.348. The number of nitrogens with zero attached hydrogens (tertiary/aromatic N) is 1. The van der Waals surface area contributed by atoms with Crippen LogP contribution in [0.25, 0.3) is 0 Å². The van der Waals surface area contributed by atoms with Crippen molar-refractivity contribution < 1.29 is 38.1 Å². The topological polar surface area (TPSA) is 102 Å². The summed E-state index contributed by atoms with van der Waals surface area (Å²) < 4.78 is 28.8. The molecule has 1 saturated heterocycles. The first-order valence-corrected chi connectivity index (χ1v) is 10.1. The Morgan fingerprint density at radius 2 is 1.75 bits per heavy atom. The minimum Gasteiger partial charge on any atom is -0.480 e. The summed E-state index contributed by atoms with van der Waals surface area (Å²) in [6, 6.07) is 14.8. The number of rotatable bonds is 8. The highest BCUT2D eigenvalue weighted by molar-refractivity contribution is 5.72. The lowest BCUT2D eigenvalue weighted by Gasteiger charge is -2.38. The number of esters is 1. The van der Waals surface area contributed by atoms with E-state index in [9.17, 15) is 18.8 Å². The van der Waals surface area contributed by atoms with Gasteiger partial charge in [-0.25, -0.2) is 18.8 Å². The largest absolute Gasteiger partial charge is 0.480 e. The standard InChI is InChI=1S/C23H24FNO7/c24-18-8-6-16(7-9-18)20-10-11-25(23(29)32-19-4-2-1-3-5-19)12-17(20)13-31-22(28)15-30-14-21(26)27/h1-9,17,20H,10-15H2,(H,26,27)/t17-,20-/m0/s1. The zero-order valence-electron chi connectivity index (χ0n) is 17.3. The highest BCUT2D eigenvalue weighted by atomic mass is 19.1. The molecule has 0 bridgehead atoms. The Balaban J connectivity index is 1.64. The molecule has 2 aromatic rings. The molecule has 1 aliphatic rings. The molecule has 0 radical (unpaired) electrons. The van der Waals surface area contributed by atoms with Crippen LogP contribution in [0.4, 0.5) is 9.18 Å². The van der Waals surface area contributed by atoms with E-state index in [1.807, 2.05) is 6.07 Å². The Kier molecular flexibility index (Phi) is 8.15. The van der Waals surface area contributed by atoms with Crippen molar-refractivity contribution in [3.63, 3.8) is 0 Å². The third-order valence-electron chi connectivity index (χ3n) is 5.14. The van der Waals surface area contributed by atoms with Crippen molar-refractivity contribution in [1.82, 2.24) is 4.90 Å². The van der Waals surface area contributed by atoms with Crippen LogP contribution in [0.3, 0.4) is 0 Å². The van der Waals surface area contributed by atoms with Crippen LogP contribution in [-0.2, 0) is 19.1 Å². The van der Waals surface area contributed by atoms with Crippen LogP contribution < -0.4 is 4.74 Å². The molecule has 1 amide bonds. The first kappa shape index (κ1) is 23.2. The van der Waals surface area contributed by atoms with E-state index in [4.69, 9.17) is 19.3 Å². The highest BCUT2D eigenvalue weighted by Crippen LogP contribution is 2.34. The number of hydrogen-bond acceptors (Lipinski definition) is 6. The summed E-state index contributed by atoms with van der Waals surface area (Å²) in [5.41, 5.74) is 0.880. The van der Waals surface area contributed by atoms with Crippen LogP contribution in [0.5, 0.6) is 5.75 Å². The number of likely N-dealkylation sites (tertiary alicyclic amines) is 1. The lowest BCUT2D eigenvalue weighted by Crippen LogP contribution is -2.46. The van der Waals surface area contributed by atoms with E-state index < -0.39 is 31.2 Å². The predicted molar refractivity (Wildman–Crippen MR) is 111 cm³/mol. The first-order chi connectivity index (χ1) is 15.4. The number of hydrogen-bond donors (Lipinski definition) is 1. The number of carbonyl (C=O) groups excluding carboxylic acids is 2. The van der Waals surface area contributed by atoms with E-state index >= 15 is 0 Å². The third kappa shape index (κ3) is 6.78. The molecule has 1 heterocycles. The van der Waals surface area contributed by atoms with Gasteiger partial charge in [-0.1, -0.05) is 30.3 Å². The molecule has 2 aromatic carbocycles. The number of carboxylic acids is 1. The number of carboxylic acid groups (broad SMARTS) is 1. The number of piperidine rings is 1. The smallest absolute Gasteiger partial charge is 0.415 e. The van der Waals surface area contributed by atoms with Gasteiger partial charge >= 0.3 is 18.0 Å². The second kappa shape index (κ2) is 11.2. The van der Waals surface area contributed by atoms with Gasteiger partial charge in [-0.15, -0.1) is 0 Å². The van der Waals surface area contributed by atoms with Crippen molar-refractivity contribution >= 4 is 18.0 Å². The number of benzene rings is 2. The van der Waals surface area contributed by atoms with Gasteiger partial charge < -0.3 is 24.2 Å². The number of halogens is 1. The molecule has 0 aliphatic carbocycles. The van der Waals surface area contributed by atoms with Crippen LogP contribution in [0, 0.1) is 11.7 Å². The van der Waals surface area contributed by atoms with Crippen molar-refractivity contribution in [2.24, 2.45) is 5.92 Å². The van der Waals surface area contributed by atoms with Crippen molar-refractivity contribution in [1.29, 1.82) is 0 Å². The molecular weight excluding hydrogens is 421 g/mol. The van der Waals surface area contributed by atoms with Crippen molar-refractivity contribution in [3.8, 4) is 5.75 Å². The van der Waals surface area contributed by atoms with Gasteiger partial charge in [-0.3, -0.25) is 0 Å². The monoisotopic (exact) mass is 445 g/mol. The van der Waals surface area contributed by atoms with Crippen molar-refractivity contribution in [2.45, 2.75) is 12.3 Å². The van der Waals surface area contributed by atoms with E-state index in [-0.39, 0.29) is 30.8 Å². The third-order valence-corrected chi connectivity index (χ3v) is 5.14. The average Bonchev–Trinajstić information content (AvgIpc) is 2.78. The Morgan fingerprint density at radius 3 is 2.44 bits per heavy atom. The molecule has 0 saturated carbocycles. The molecule has 3 rings (SSSR count). The van der Waals surface area contributed by atoms with E-state index in [2.05, 4.69) is 0 Å². The summed E-state index contributed by atoms with van der Waals surface area (Å²) in [7, 11) is 0. The second-order valence-electron chi connectivity index (χ2n) is 7.40. The maximum atomic E-state index is 13.4. The summed E-state index contributed by atoms with van der Waals surface area (Å²) in [4.78, 5) is 36.6. The fourth-order valence-electron chi connectivity index (χ4n) is 3.63. The molecule has 170 valence electrons. The van der Waals surface area contributed by atoms with Gasteiger partial charge in [0.15, 0.2) is 0 Å². The molecule has 9 heteroatoms. The Labute approximate surface area is 184 Å². The summed E-state index contributed by atoms with van der Waals surface area (Å²) in [6.45, 7) is -0.390. The normalized spacial score (nSPS) is 18.1. The molecule has 0 aromatic heterocycles. The lowest BCUT2D eigenvalue weighted by molar-refractivity contribution is -0.154. The summed E-state index contributed by atoms with van der Waals surface area (Å²) >= 11 is 0. The number of aliphatic carboxylic acids is 1. The van der Waals surface area contributed by atoms with E-state index in [1.165, 1.54) is 12.1 Å². The second-order valence-corrected chi connectivity index (χ2v) is 7.40. The van der Waals surface area contributed by atoms with Crippen molar-refractivity contribution in [3.05, 3.63) is 66.0 Å². The van der Waals surface area contributed by atoms with Crippen LogP contribution in [0.2, 0.25) is 0 Å². The minimum atomic E-state index is -1.19. The van der Waals surface area contributed by atoms with Gasteiger partial charge in [-0.05, 0) is 42.2 Å². The highest BCUT2D eigenvalue weighted by Gasteiger charge is 2.34. The van der Waals surface area contributed by atoms with Crippen LogP contribution in [0.15, 0.2) is 54.6 Å². The number of para-hydroxylation sites is 1. The molecule has 32 heavy (non-hydrogen) atoms. The summed E-state index contributed by atoms with van der Waals surface area (Å²) in [5.74, 6) is -2.14. The molecule has 0 unspecified atom stereocenters. The quantitative estimate of drug-likeness (QED) is 0.623. The summed E-state index contributed by atoms with van der Waals surface area (Å²) in [6.07, 6.45) is 0.0719. The van der Waals surface area contributed by atoms with Crippen molar-refractivity contribution in [2.75, 3.05) is 32.9 Å². The Morgan fingerprint density at radius 1 is 1.03 bits per heavy atom. The number of amides is 1. The molecule has 1 aliphatic heterocycles. The van der Waals surface area contributed by atoms with Gasteiger partial charge in [0.25, 0.3) is 0 Å². The van der Waals surface area contributed by atoms with Gasteiger partial charge in [-0.2, -0.15) is 0 Å². The Hall–Kier alpha value is -3.46. The van der Waals surface area contributed by atoms with Gasteiger partial charge in [0.05, 0.1) is 6.61 Å². The van der Waals surface area contributed by atoms with E-state index in [1.54, 1.807) is 41.3 Å². The number of ether oxygens (including phenoxy) is 3. The maximum Gasteiger partial charge on any atom is 0.415 e. The Bertz CT molecular complexity index is 920. The minimum absolute atomic E-state index is 0.00752. The SMILES string of the molecule is O=C(O)COCC(=O)OC[C@@H]1CN(C(=O)Oc2ccccc2)CC[C@H]1c1ccc(F)cc1. The van der Waals surface area contributed by atoms with E-state index in [0.717, 1.165) is 5.56 Å². The van der Waals surface area contributed by atoms with E-state index in [0.29, 0.717) is 18.7 Å². The maximum absolute atomic E-state index is 13.4. The molecule has 1 fully saturated rings. The van der Waals surface area contributed by atoms with Gasteiger partial charge in [0.2, 0.25) is 0 Å². The zero-order chi connectivity index (χ0) is 22.9. The van der Waals surface area contributed by atoms with Gasteiger partial charge in [0.1, 0.15) is 24.8 Å². The van der Waals surface area contributed by atoms with Crippen LogP contribution in [0.1, 0.15) is 17.9 Å². The molecular formula is C23H24FNO7. The zero-order valence-corrected chi connectivity index (χ0v) is 17.3. The fourth-order valence-corrected chi connectivity index (χ4v) is 3.63. The first-order valence-electron chi connectivity index (χ1n) is 10.1. The molecule has 1 N–H and O–H groups in total.